The summed E-state index contributed by atoms with van der Waals surface area (Å²) in [6, 6.07) is 14.0. The number of H-pyrrole nitrogens is 1. The Labute approximate surface area is 197 Å². The highest BCUT2D eigenvalue weighted by atomic mass is 16.2. The lowest BCUT2D eigenvalue weighted by Gasteiger charge is -2.22. The molecule has 0 atom stereocenters. The molecule has 9 nitrogen and oxygen atoms in total. The molecule has 0 unspecified atom stereocenters. The Bertz CT molecular complexity index is 1350. The quantitative estimate of drug-likeness (QED) is 0.424. The fourth-order valence-electron chi connectivity index (χ4n) is 3.94. The van der Waals surface area contributed by atoms with E-state index in [1.165, 1.54) is 11.9 Å². The average Bonchev–Trinajstić information content (AvgIpc) is 3.50. The molecular weight excluding hydrogens is 428 g/mol. The molecule has 0 saturated heterocycles. The third-order valence-electron chi connectivity index (χ3n) is 5.88. The summed E-state index contributed by atoms with van der Waals surface area (Å²) in [4.78, 5) is 37.5. The maximum Gasteiger partial charge on any atom is 0.270 e. The van der Waals surface area contributed by atoms with E-state index in [4.69, 9.17) is 0 Å². The number of fused-ring (bicyclic) bond motifs is 2. The first kappa shape index (κ1) is 21.7. The van der Waals surface area contributed by atoms with Crippen molar-refractivity contribution in [3.63, 3.8) is 0 Å². The monoisotopic (exact) mass is 454 g/mol. The van der Waals surface area contributed by atoms with Crippen LogP contribution in [0.1, 0.15) is 27.2 Å². The van der Waals surface area contributed by atoms with Gasteiger partial charge in [0.2, 0.25) is 0 Å². The van der Waals surface area contributed by atoms with E-state index in [9.17, 15) is 4.79 Å². The minimum absolute atomic E-state index is 0.0936. The molecule has 1 aliphatic heterocycles. The van der Waals surface area contributed by atoms with Crippen LogP contribution in [-0.4, -0.2) is 69.0 Å². The first-order valence-electron chi connectivity index (χ1n) is 11.1. The Morgan fingerprint density at radius 3 is 2.79 bits per heavy atom. The molecule has 172 valence electrons. The highest BCUT2D eigenvalue weighted by Gasteiger charge is 2.18. The predicted octanol–water partition coefficient (Wildman–Crippen LogP) is 3.23. The van der Waals surface area contributed by atoms with Crippen LogP contribution in [0.25, 0.3) is 11.0 Å². The Kier molecular flexibility index (Phi) is 6.01. The zero-order chi connectivity index (χ0) is 23.5. The van der Waals surface area contributed by atoms with E-state index in [-0.39, 0.29) is 5.91 Å². The number of aromatic nitrogens is 4. The number of pyridine rings is 1. The van der Waals surface area contributed by atoms with Crippen molar-refractivity contribution < 1.29 is 4.79 Å². The lowest BCUT2D eigenvalue weighted by molar-refractivity contribution is 0.0777. The molecule has 0 fully saturated rings. The van der Waals surface area contributed by atoms with Gasteiger partial charge in [-0.3, -0.25) is 9.79 Å². The number of carbonyl (C=O) groups is 1. The second kappa shape index (κ2) is 9.40. The van der Waals surface area contributed by atoms with Crippen LogP contribution in [0, 0.1) is 0 Å². The van der Waals surface area contributed by atoms with Gasteiger partial charge >= 0.3 is 0 Å². The van der Waals surface area contributed by atoms with Gasteiger partial charge in [-0.05, 0) is 24.7 Å². The van der Waals surface area contributed by atoms with Crippen LogP contribution in [0.5, 0.6) is 0 Å². The lowest BCUT2D eigenvalue weighted by atomic mass is 10.2. The van der Waals surface area contributed by atoms with Gasteiger partial charge in [0, 0.05) is 50.2 Å². The first-order valence-corrected chi connectivity index (χ1v) is 11.1. The number of hydrogen-bond donors (Lipinski definition) is 2. The van der Waals surface area contributed by atoms with Crippen molar-refractivity contribution >= 4 is 34.8 Å². The van der Waals surface area contributed by atoms with Gasteiger partial charge in [0.05, 0.1) is 11.9 Å². The first-order chi connectivity index (χ1) is 16.6. The van der Waals surface area contributed by atoms with E-state index in [1.807, 2.05) is 43.7 Å². The molecule has 0 aliphatic carbocycles. The Morgan fingerprint density at radius 2 is 1.94 bits per heavy atom. The number of likely N-dealkylation sites (N-methyl/N-ethyl adjacent to an activating group) is 2. The van der Waals surface area contributed by atoms with Gasteiger partial charge in [-0.1, -0.05) is 30.3 Å². The van der Waals surface area contributed by atoms with E-state index in [1.54, 1.807) is 11.0 Å². The number of nitrogens with zero attached hydrogens (tertiary/aromatic N) is 6. The molecular formula is C25H26N8O. The molecule has 1 aromatic carbocycles. The van der Waals surface area contributed by atoms with Crippen LogP contribution in [0.15, 0.2) is 60.0 Å². The van der Waals surface area contributed by atoms with Gasteiger partial charge in [0.15, 0.2) is 0 Å². The number of nitrogens with one attached hydrogen (secondary N) is 2. The van der Waals surface area contributed by atoms with Gasteiger partial charge in [0.1, 0.15) is 29.3 Å². The van der Waals surface area contributed by atoms with Gasteiger partial charge in [-0.25, -0.2) is 15.0 Å². The summed E-state index contributed by atoms with van der Waals surface area (Å²) >= 11 is 0. The number of rotatable bonds is 8. The number of amides is 1. The molecule has 0 radical (unpaired) electrons. The maximum atomic E-state index is 13.1. The van der Waals surface area contributed by atoms with Gasteiger partial charge in [-0.2, -0.15) is 0 Å². The normalized spacial score (nSPS) is 12.3. The predicted molar refractivity (Wildman–Crippen MR) is 132 cm³/mol. The lowest BCUT2D eigenvalue weighted by Crippen LogP contribution is -2.34. The number of carbonyl (C=O) groups excluding carboxylic acids is 1. The number of anilines is 2. The minimum Gasteiger partial charge on any atom is -0.339 e. The Morgan fingerprint density at radius 1 is 1.09 bits per heavy atom. The summed E-state index contributed by atoms with van der Waals surface area (Å²) in [5.74, 6) is 1.16. The smallest absolute Gasteiger partial charge is 0.270 e. The second-order valence-corrected chi connectivity index (χ2v) is 8.48. The van der Waals surface area contributed by atoms with E-state index in [0.29, 0.717) is 36.1 Å². The third kappa shape index (κ3) is 4.65. The number of hydrogen-bond acceptors (Lipinski definition) is 7. The summed E-state index contributed by atoms with van der Waals surface area (Å²) < 4.78 is 0. The van der Waals surface area contributed by atoms with Crippen molar-refractivity contribution in [1.29, 1.82) is 0 Å². The highest BCUT2D eigenvalue weighted by Crippen LogP contribution is 2.25. The van der Waals surface area contributed by atoms with Crippen molar-refractivity contribution in [2.45, 2.75) is 13.1 Å². The van der Waals surface area contributed by atoms with Crippen LogP contribution >= 0.6 is 0 Å². The van der Waals surface area contributed by atoms with Crippen molar-refractivity contribution in [2.24, 2.45) is 4.99 Å². The molecule has 5 rings (SSSR count). The van der Waals surface area contributed by atoms with Crippen molar-refractivity contribution in [3.05, 3.63) is 77.4 Å². The van der Waals surface area contributed by atoms with Crippen molar-refractivity contribution in [1.82, 2.24) is 29.7 Å². The van der Waals surface area contributed by atoms with Crippen LogP contribution < -0.4 is 5.32 Å². The van der Waals surface area contributed by atoms with Crippen molar-refractivity contribution in [3.8, 4) is 0 Å². The molecule has 2 N–H and O–H groups in total. The second-order valence-electron chi connectivity index (χ2n) is 8.48. The average molecular weight is 455 g/mol. The SMILES string of the molecule is CN(CCN(C)C(=O)c1cc2c(Nc3cc4c(cn3)CN=C4)ncnc2[nH]1)Cc1ccccc1. The molecule has 34 heavy (non-hydrogen) atoms. The van der Waals surface area contributed by atoms with Crippen LogP contribution in [0.2, 0.25) is 0 Å². The van der Waals surface area contributed by atoms with Crippen LogP contribution in [0.3, 0.4) is 0 Å². The molecule has 1 amide bonds. The molecule has 4 aromatic rings. The molecule has 0 saturated carbocycles. The van der Waals surface area contributed by atoms with Gasteiger partial charge in [-0.15, -0.1) is 0 Å². The maximum absolute atomic E-state index is 13.1. The summed E-state index contributed by atoms with van der Waals surface area (Å²) in [5, 5.41) is 3.98. The van der Waals surface area contributed by atoms with E-state index < -0.39 is 0 Å². The fraction of sp³-hybridized carbons (Fsp3) is 0.240. The fourth-order valence-corrected chi connectivity index (χ4v) is 3.94. The topological polar surface area (TPSA) is 102 Å². The summed E-state index contributed by atoms with van der Waals surface area (Å²) in [6.07, 6.45) is 5.13. The van der Waals surface area contributed by atoms with Crippen LogP contribution in [-0.2, 0) is 13.1 Å². The summed E-state index contributed by atoms with van der Waals surface area (Å²) in [6.45, 7) is 2.87. The number of benzene rings is 1. The molecule has 1 aliphatic rings. The third-order valence-corrected chi connectivity index (χ3v) is 5.88. The standard InChI is InChI=1S/C25H26N8O/c1-32(15-17-6-4-3-5-7-17)8-9-33(2)25(34)21-11-20-23(30-21)28-16-29-24(20)31-22-10-18-12-26-13-19(18)14-27-22/h3-7,10-12,14,16H,8-9,13,15H2,1-2H3,(H2,27,28,29,30,31). The van der Waals surface area contributed by atoms with E-state index >= 15 is 0 Å². The molecule has 3 aromatic heterocycles. The molecule has 4 heterocycles. The summed E-state index contributed by atoms with van der Waals surface area (Å²) in [7, 11) is 3.87. The highest BCUT2D eigenvalue weighted by molar-refractivity contribution is 6.00. The van der Waals surface area contributed by atoms with Gasteiger partial charge in [0.25, 0.3) is 5.91 Å². The Balaban J connectivity index is 1.26. The van der Waals surface area contributed by atoms with E-state index in [0.717, 1.165) is 29.6 Å². The number of aromatic amines is 1. The molecule has 0 bridgehead atoms. The van der Waals surface area contributed by atoms with Crippen molar-refractivity contribution in [2.75, 3.05) is 32.5 Å². The van der Waals surface area contributed by atoms with Crippen LogP contribution in [0.4, 0.5) is 11.6 Å². The van der Waals surface area contributed by atoms with E-state index in [2.05, 4.69) is 54.3 Å². The Hall–Kier alpha value is -4.11. The zero-order valence-corrected chi connectivity index (χ0v) is 19.2. The zero-order valence-electron chi connectivity index (χ0n) is 19.2. The largest absolute Gasteiger partial charge is 0.339 e. The molecule has 0 spiro atoms. The molecule has 9 heteroatoms. The van der Waals surface area contributed by atoms with Gasteiger partial charge < -0.3 is 20.1 Å². The summed E-state index contributed by atoms with van der Waals surface area (Å²) in [5.41, 5.74) is 4.47. The minimum atomic E-state index is -0.0936. The number of aliphatic imine (C=N–C) groups is 1.